The number of aliphatic hydroxyl groups is 1. The standard InChI is InChI=1S/C11H23NO3/c1-9(10-4-6-15-7-10)12-11(3-5-13)8-14-2/h9-13H,3-8H2,1-2H3. The fraction of sp³-hybridized carbons (Fsp3) is 1.00. The molecule has 3 atom stereocenters. The molecule has 0 spiro atoms. The topological polar surface area (TPSA) is 50.7 Å². The molecule has 4 heteroatoms. The van der Waals surface area contributed by atoms with Gasteiger partial charge in [0.2, 0.25) is 0 Å². The quantitative estimate of drug-likeness (QED) is 0.648. The van der Waals surface area contributed by atoms with Crippen LogP contribution >= 0.6 is 0 Å². The first-order chi connectivity index (χ1) is 7.27. The van der Waals surface area contributed by atoms with Crippen LogP contribution in [0.25, 0.3) is 0 Å². The van der Waals surface area contributed by atoms with Crippen LogP contribution in [0.5, 0.6) is 0 Å². The van der Waals surface area contributed by atoms with E-state index in [1.807, 2.05) is 0 Å². The molecule has 0 saturated carbocycles. The molecular weight excluding hydrogens is 194 g/mol. The molecule has 1 heterocycles. The fourth-order valence-corrected chi connectivity index (χ4v) is 2.03. The lowest BCUT2D eigenvalue weighted by Crippen LogP contribution is -2.43. The average molecular weight is 217 g/mol. The smallest absolute Gasteiger partial charge is 0.0616 e. The summed E-state index contributed by atoms with van der Waals surface area (Å²) < 4.78 is 10.5. The van der Waals surface area contributed by atoms with E-state index in [9.17, 15) is 0 Å². The second kappa shape index (κ2) is 7.17. The number of nitrogens with one attached hydrogen (secondary N) is 1. The van der Waals surface area contributed by atoms with Crippen LogP contribution in [-0.2, 0) is 9.47 Å². The van der Waals surface area contributed by atoms with Gasteiger partial charge in [-0.15, -0.1) is 0 Å². The summed E-state index contributed by atoms with van der Waals surface area (Å²) in [6.45, 7) is 4.77. The predicted octanol–water partition coefficient (Wildman–Crippen LogP) is 0.398. The van der Waals surface area contributed by atoms with Crippen molar-refractivity contribution in [1.82, 2.24) is 5.32 Å². The molecule has 0 radical (unpaired) electrons. The molecule has 0 bridgehead atoms. The van der Waals surface area contributed by atoms with E-state index >= 15 is 0 Å². The molecule has 1 saturated heterocycles. The Morgan fingerprint density at radius 1 is 1.60 bits per heavy atom. The SMILES string of the molecule is COCC(CCO)NC(C)C1CCOC1. The first-order valence-electron chi connectivity index (χ1n) is 5.71. The minimum Gasteiger partial charge on any atom is -0.396 e. The lowest BCUT2D eigenvalue weighted by atomic mass is 9.99. The van der Waals surface area contributed by atoms with E-state index in [0.29, 0.717) is 18.6 Å². The van der Waals surface area contributed by atoms with Gasteiger partial charge in [0.1, 0.15) is 0 Å². The maximum absolute atomic E-state index is 8.92. The van der Waals surface area contributed by atoms with Crippen LogP contribution in [0.15, 0.2) is 0 Å². The van der Waals surface area contributed by atoms with E-state index in [0.717, 1.165) is 26.1 Å². The number of hydrogen-bond donors (Lipinski definition) is 2. The van der Waals surface area contributed by atoms with E-state index in [1.165, 1.54) is 0 Å². The van der Waals surface area contributed by atoms with Crippen molar-refractivity contribution in [2.75, 3.05) is 33.5 Å². The highest BCUT2D eigenvalue weighted by Crippen LogP contribution is 2.17. The zero-order valence-corrected chi connectivity index (χ0v) is 9.74. The molecule has 1 fully saturated rings. The Morgan fingerprint density at radius 3 is 2.93 bits per heavy atom. The Labute approximate surface area is 92.0 Å². The summed E-state index contributed by atoms with van der Waals surface area (Å²) in [5.41, 5.74) is 0. The normalized spacial score (nSPS) is 25.4. The maximum Gasteiger partial charge on any atom is 0.0616 e. The molecule has 3 unspecified atom stereocenters. The highest BCUT2D eigenvalue weighted by Gasteiger charge is 2.23. The highest BCUT2D eigenvalue weighted by atomic mass is 16.5. The number of rotatable bonds is 7. The van der Waals surface area contributed by atoms with Crippen LogP contribution in [0.4, 0.5) is 0 Å². The van der Waals surface area contributed by atoms with Crippen molar-refractivity contribution in [3.05, 3.63) is 0 Å². The molecule has 0 aromatic rings. The van der Waals surface area contributed by atoms with Crippen molar-refractivity contribution in [3.8, 4) is 0 Å². The van der Waals surface area contributed by atoms with Crippen LogP contribution in [-0.4, -0.2) is 50.7 Å². The van der Waals surface area contributed by atoms with Crippen LogP contribution < -0.4 is 5.32 Å². The summed E-state index contributed by atoms with van der Waals surface area (Å²) in [7, 11) is 1.69. The molecule has 0 aromatic carbocycles. The van der Waals surface area contributed by atoms with E-state index in [2.05, 4.69) is 12.2 Å². The second-order valence-electron chi connectivity index (χ2n) is 4.24. The van der Waals surface area contributed by atoms with Crippen molar-refractivity contribution >= 4 is 0 Å². The largest absolute Gasteiger partial charge is 0.396 e. The summed E-state index contributed by atoms with van der Waals surface area (Å²) in [4.78, 5) is 0. The summed E-state index contributed by atoms with van der Waals surface area (Å²) >= 11 is 0. The van der Waals surface area contributed by atoms with Gasteiger partial charge in [-0.3, -0.25) is 0 Å². The Morgan fingerprint density at radius 2 is 2.40 bits per heavy atom. The van der Waals surface area contributed by atoms with Gasteiger partial charge < -0.3 is 19.9 Å². The minimum absolute atomic E-state index is 0.203. The first kappa shape index (κ1) is 12.9. The maximum atomic E-state index is 8.92. The number of methoxy groups -OCH3 is 1. The van der Waals surface area contributed by atoms with Gasteiger partial charge in [0.05, 0.1) is 13.2 Å². The lowest BCUT2D eigenvalue weighted by Gasteiger charge is -2.25. The first-order valence-corrected chi connectivity index (χ1v) is 5.71. The number of ether oxygens (including phenoxy) is 2. The summed E-state index contributed by atoms with van der Waals surface area (Å²) in [5.74, 6) is 0.600. The van der Waals surface area contributed by atoms with Crippen molar-refractivity contribution in [2.24, 2.45) is 5.92 Å². The second-order valence-corrected chi connectivity index (χ2v) is 4.24. The summed E-state index contributed by atoms with van der Waals surface area (Å²) in [5, 5.41) is 12.4. The molecule has 1 aliphatic heterocycles. The van der Waals surface area contributed by atoms with Crippen LogP contribution in [0.3, 0.4) is 0 Å². The zero-order valence-electron chi connectivity index (χ0n) is 9.74. The third kappa shape index (κ3) is 4.47. The van der Waals surface area contributed by atoms with Gasteiger partial charge in [-0.1, -0.05) is 0 Å². The molecule has 15 heavy (non-hydrogen) atoms. The molecule has 2 N–H and O–H groups in total. The van der Waals surface area contributed by atoms with E-state index in [1.54, 1.807) is 7.11 Å². The Balaban J connectivity index is 2.28. The molecule has 0 aliphatic carbocycles. The van der Waals surface area contributed by atoms with Crippen molar-refractivity contribution < 1.29 is 14.6 Å². The molecular formula is C11H23NO3. The van der Waals surface area contributed by atoms with Crippen LogP contribution in [0.1, 0.15) is 19.8 Å². The molecule has 90 valence electrons. The summed E-state index contributed by atoms with van der Waals surface area (Å²) in [6, 6.07) is 0.676. The minimum atomic E-state index is 0.203. The third-order valence-corrected chi connectivity index (χ3v) is 3.02. The molecule has 4 nitrogen and oxygen atoms in total. The molecule has 1 aliphatic rings. The number of aliphatic hydroxyl groups excluding tert-OH is 1. The Kier molecular flexibility index (Phi) is 6.17. The van der Waals surface area contributed by atoms with E-state index < -0.39 is 0 Å². The van der Waals surface area contributed by atoms with Crippen molar-refractivity contribution in [2.45, 2.75) is 31.8 Å². The van der Waals surface area contributed by atoms with Gasteiger partial charge in [-0.05, 0) is 25.7 Å². The van der Waals surface area contributed by atoms with Gasteiger partial charge in [-0.25, -0.2) is 0 Å². The van der Waals surface area contributed by atoms with Gasteiger partial charge in [0.15, 0.2) is 0 Å². The van der Waals surface area contributed by atoms with Crippen molar-refractivity contribution in [1.29, 1.82) is 0 Å². The average Bonchev–Trinajstić information content (AvgIpc) is 2.71. The van der Waals surface area contributed by atoms with Crippen molar-refractivity contribution in [3.63, 3.8) is 0 Å². The van der Waals surface area contributed by atoms with Gasteiger partial charge in [0, 0.05) is 32.4 Å². The predicted molar refractivity (Wildman–Crippen MR) is 58.9 cm³/mol. The number of hydrogen-bond acceptors (Lipinski definition) is 4. The lowest BCUT2D eigenvalue weighted by molar-refractivity contribution is 0.133. The zero-order chi connectivity index (χ0) is 11.1. The molecule has 1 rings (SSSR count). The third-order valence-electron chi connectivity index (χ3n) is 3.02. The fourth-order valence-electron chi connectivity index (χ4n) is 2.03. The monoisotopic (exact) mass is 217 g/mol. The summed E-state index contributed by atoms with van der Waals surface area (Å²) in [6.07, 6.45) is 1.87. The van der Waals surface area contributed by atoms with Gasteiger partial charge in [0.25, 0.3) is 0 Å². The molecule has 0 aromatic heterocycles. The van der Waals surface area contributed by atoms with Crippen LogP contribution in [0.2, 0.25) is 0 Å². The van der Waals surface area contributed by atoms with Crippen LogP contribution in [0, 0.1) is 5.92 Å². The van der Waals surface area contributed by atoms with Gasteiger partial charge in [-0.2, -0.15) is 0 Å². The van der Waals surface area contributed by atoms with Gasteiger partial charge >= 0.3 is 0 Å². The van der Waals surface area contributed by atoms with E-state index in [4.69, 9.17) is 14.6 Å². The Hall–Kier alpha value is -0.160. The highest BCUT2D eigenvalue weighted by molar-refractivity contribution is 4.79. The van der Waals surface area contributed by atoms with E-state index in [-0.39, 0.29) is 12.6 Å². The molecule has 0 amide bonds. The Bertz CT molecular complexity index is 154.